The maximum absolute atomic E-state index is 12.5. The van der Waals surface area contributed by atoms with Crippen LogP contribution in [0.4, 0.5) is 4.79 Å². The molecule has 21 heavy (non-hydrogen) atoms. The second-order valence-corrected chi connectivity index (χ2v) is 5.81. The summed E-state index contributed by atoms with van der Waals surface area (Å²) in [6.07, 6.45) is 3.27. The van der Waals surface area contributed by atoms with E-state index in [9.17, 15) is 14.4 Å². The van der Waals surface area contributed by atoms with Gasteiger partial charge in [0.1, 0.15) is 5.54 Å². The third kappa shape index (κ3) is 3.34. The largest absolute Gasteiger partial charge is 0.481 e. The van der Waals surface area contributed by atoms with Gasteiger partial charge in [0, 0.05) is 19.6 Å². The summed E-state index contributed by atoms with van der Waals surface area (Å²) >= 11 is 0. The van der Waals surface area contributed by atoms with Crippen molar-refractivity contribution < 1.29 is 19.5 Å². The zero-order valence-electron chi connectivity index (χ0n) is 12.4. The van der Waals surface area contributed by atoms with Gasteiger partial charge in [-0.2, -0.15) is 0 Å². The molecule has 2 fully saturated rings. The van der Waals surface area contributed by atoms with Gasteiger partial charge in [0.15, 0.2) is 0 Å². The molecule has 2 rings (SSSR count). The number of imide groups is 1. The van der Waals surface area contributed by atoms with Gasteiger partial charge in [-0.3, -0.25) is 14.5 Å². The van der Waals surface area contributed by atoms with Gasteiger partial charge in [0.2, 0.25) is 0 Å². The Labute approximate surface area is 124 Å². The van der Waals surface area contributed by atoms with Crippen LogP contribution in [-0.2, 0) is 9.59 Å². The van der Waals surface area contributed by atoms with E-state index in [1.165, 1.54) is 0 Å². The fourth-order valence-electron chi connectivity index (χ4n) is 2.97. The monoisotopic (exact) mass is 297 g/mol. The van der Waals surface area contributed by atoms with Gasteiger partial charge in [0.25, 0.3) is 5.91 Å². The number of carbonyl (C=O) groups is 3. The molecule has 1 spiro atoms. The van der Waals surface area contributed by atoms with E-state index in [1.54, 1.807) is 0 Å². The first-order valence-corrected chi connectivity index (χ1v) is 7.57. The zero-order chi connectivity index (χ0) is 15.5. The molecule has 0 aromatic heterocycles. The van der Waals surface area contributed by atoms with E-state index in [1.807, 2.05) is 0 Å². The quantitative estimate of drug-likeness (QED) is 0.703. The number of hydrogen-bond donors (Lipinski definition) is 2. The minimum Gasteiger partial charge on any atom is -0.481 e. The summed E-state index contributed by atoms with van der Waals surface area (Å²) in [6, 6.07) is -0.455. The van der Waals surface area contributed by atoms with Crippen molar-refractivity contribution in [2.24, 2.45) is 0 Å². The van der Waals surface area contributed by atoms with Crippen molar-refractivity contribution in [3.8, 4) is 0 Å². The third-order valence-corrected chi connectivity index (χ3v) is 4.33. The summed E-state index contributed by atoms with van der Waals surface area (Å²) in [7, 11) is 0. The molecule has 0 bridgehead atoms. The van der Waals surface area contributed by atoms with Crippen molar-refractivity contribution in [3.63, 3.8) is 0 Å². The molecule has 118 valence electrons. The lowest BCUT2D eigenvalue weighted by Gasteiger charge is -2.37. The molecule has 0 atom stereocenters. The number of aliphatic carboxylic acids is 1. The molecular formula is C14H23N3O4. The van der Waals surface area contributed by atoms with Crippen LogP contribution < -0.4 is 5.32 Å². The Balaban J connectivity index is 1.94. The van der Waals surface area contributed by atoms with E-state index < -0.39 is 17.5 Å². The third-order valence-electron chi connectivity index (χ3n) is 4.33. The topological polar surface area (TPSA) is 90.0 Å². The van der Waals surface area contributed by atoms with Crippen molar-refractivity contribution in [3.05, 3.63) is 0 Å². The van der Waals surface area contributed by atoms with Crippen LogP contribution in [0.1, 0.15) is 39.0 Å². The van der Waals surface area contributed by atoms with Gasteiger partial charge >= 0.3 is 12.0 Å². The second-order valence-electron chi connectivity index (χ2n) is 5.81. The van der Waals surface area contributed by atoms with E-state index in [0.29, 0.717) is 12.8 Å². The zero-order valence-corrected chi connectivity index (χ0v) is 12.4. The fraction of sp³-hybridized carbons (Fsp3) is 0.786. The number of urea groups is 1. The predicted molar refractivity (Wildman–Crippen MR) is 75.8 cm³/mol. The van der Waals surface area contributed by atoms with E-state index in [0.717, 1.165) is 37.4 Å². The molecule has 7 nitrogen and oxygen atoms in total. The van der Waals surface area contributed by atoms with Crippen molar-refractivity contribution in [2.75, 3.05) is 26.2 Å². The number of nitrogens with zero attached hydrogens (tertiary/aromatic N) is 2. The van der Waals surface area contributed by atoms with Crippen molar-refractivity contribution in [2.45, 2.75) is 44.6 Å². The van der Waals surface area contributed by atoms with Gasteiger partial charge < -0.3 is 15.3 Å². The molecule has 0 radical (unpaired) electrons. The summed E-state index contributed by atoms with van der Waals surface area (Å²) in [5.41, 5.74) is -0.807. The van der Waals surface area contributed by atoms with Crippen molar-refractivity contribution >= 4 is 17.9 Å². The Morgan fingerprint density at radius 1 is 1.29 bits per heavy atom. The number of likely N-dealkylation sites (tertiary alicyclic amines) is 1. The normalized spacial score (nSPS) is 21.9. The van der Waals surface area contributed by atoms with Crippen molar-refractivity contribution in [1.82, 2.24) is 15.1 Å². The number of carbonyl (C=O) groups excluding carboxylic acids is 2. The minimum atomic E-state index is -1.01. The van der Waals surface area contributed by atoms with E-state index in [4.69, 9.17) is 5.11 Å². The number of unbranched alkanes of at least 4 members (excludes halogenated alkanes) is 1. The highest BCUT2D eigenvalue weighted by molar-refractivity contribution is 6.07. The van der Waals surface area contributed by atoms with E-state index >= 15 is 0 Å². The maximum Gasteiger partial charge on any atom is 0.325 e. The van der Waals surface area contributed by atoms with Crippen LogP contribution >= 0.6 is 0 Å². The molecule has 2 aliphatic rings. The predicted octanol–water partition coefficient (Wildman–Crippen LogP) is 0.648. The molecule has 3 amide bonds. The molecule has 0 aromatic carbocycles. The smallest absolute Gasteiger partial charge is 0.325 e. The second kappa shape index (κ2) is 6.43. The molecule has 2 N–H and O–H groups in total. The molecule has 0 aromatic rings. The van der Waals surface area contributed by atoms with Crippen molar-refractivity contribution in [1.29, 1.82) is 0 Å². The van der Waals surface area contributed by atoms with Gasteiger partial charge in [-0.25, -0.2) is 4.79 Å². The Hall–Kier alpha value is -1.63. The Bertz CT molecular complexity index is 430. The average molecular weight is 297 g/mol. The lowest BCUT2D eigenvalue weighted by molar-refractivity contribution is -0.138. The average Bonchev–Trinajstić information content (AvgIpc) is 2.67. The summed E-state index contributed by atoms with van der Waals surface area (Å²) in [6.45, 7) is 4.70. The first-order valence-electron chi connectivity index (χ1n) is 7.57. The Kier molecular flexibility index (Phi) is 4.82. The van der Waals surface area contributed by atoms with E-state index in [-0.39, 0.29) is 18.9 Å². The number of rotatable bonds is 6. The van der Waals surface area contributed by atoms with Gasteiger partial charge in [-0.15, -0.1) is 0 Å². The molecule has 7 heteroatoms. The van der Waals surface area contributed by atoms with E-state index in [2.05, 4.69) is 17.1 Å². The summed E-state index contributed by atoms with van der Waals surface area (Å²) < 4.78 is 0. The lowest BCUT2D eigenvalue weighted by Crippen LogP contribution is -2.55. The summed E-state index contributed by atoms with van der Waals surface area (Å²) in [5.74, 6) is -1.27. The van der Waals surface area contributed by atoms with Crippen LogP contribution in [0.5, 0.6) is 0 Å². The number of hydrogen-bond acceptors (Lipinski definition) is 4. The Morgan fingerprint density at radius 2 is 1.95 bits per heavy atom. The number of piperidine rings is 1. The molecule has 0 aliphatic carbocycles. The molecule has 2 heterocycles. The highest BCUT2D eigenvalue weighted by Crippen LogP contribution is 2.29. The summed E-state index contributed by atoms with van der Waals surface area (Å²) in [5, 5.41) is 11.5. The highest BCUT2D eigenvalue weighted by Gasteiger charge is 2.52. The molecule has 2 saturated heterocycles. The van der Waals surface area contributed by atoms with Gasteiger partial charge in [0.05, 0.1) is 6.42 Å². The first kappa shape index (κ1) is 15.8. The van der Waals surface area contributed by atoms with Crippen LogP contribution in [-0.4, -0.2) is 64.5 Å². The molecule has 0 saturated carbocycles. The van der Waals surface area contributed by atoms with Crippen LogP contribution in [0.2, 0.25) is 0 Å². The number of nitrogens with one attached hydrogen (secondary N) is 1. The Morgan fingerprint density at radius 3 is 2.52 bits per heavy atom. The maximum atomic E-state index is 12.5. The standard InChI is InChI=1S/C14H23N3O4/c1-2-3-7-16-9-5-14(6-10-16)12(20)17(13(21)15-14)8-4-11(18)19/h2-10H2,1H3,(H,15,21)(H,18,19). The van der Waals surface area contributed by atoms with Crippen LogP contribution in [0.15, 0.2) is 0 Å². The number of carboxylic acid groups (broad SMARTS) is 1. The molecular weight excluding hydrogens is 274 g/mol. The minimum absolute atomic E-state index is 0.0543. The molecule has 0 unspecified atom stereocenters. The summed E-state index contributed by atoms with van der Waals surface area (Å²) in [4.78, 5) is 38.3. The highest BCUT2D eigenvalue weighted by atomic mass is 16.4. The van der Waals surface area contributed by atoms with Crippen LogP contribution in [0.25, 0.3) is 0 Å². The fourth-order valence-corrected chi connectivity index (χ4v) is 2.97. The number of carboxylic acids is 1. The first-order chi connectivity index (χ1) is 9.98. The van der Waals surface area contributed by atoms with Crippen LogP contribution in [0.3, 0.4) is 0 Å². The van der Waals surface area contributed by atoms with Gasteiger partial charge in [-0.1, -0.05) is 13.3 Å². The lowest BCUT2D eigenvalue weighted by atomic mass is 9.87. The van der Waals surface area contributed by atoms with Gasteiger partial charge in [-0.05, 0) is 25.8 Å². The number of amides is 3. The molecule has 2 aliphatic heterocycles. The van der Waals surface area contributed by atoms with Crippen LogP contribution in [0, 0.1) is 0 Å². The SMILES string of the molecule is CCCCN1CCC2(CC1)NC(=O)N(CCC(=O)O)C2=O.